The number of unbranched alkanes of at least 4 members (excludes halogenated alkanes) is 3. The Morgan fingerprint density at radius 3 is 2.74 bits per heavy atom. The van der Waals surface area contributed by atoms with Crippen LogP contribution in [0.15, 0.2) is 47.0 Å². The number of nitrogens with one attached hydrogen (secondary N) is 3. The molecule has 6 N–H and O–H groups in total. The molecule has 6 rings (SSSR count). The van der Waals surface area contributed by atoms with Crippen LogP contribution in [0.25, 0.3) is 12.2 Å². The molecule has 0 saturated heterocycles. The summed E-state index contributed by atoms with van der Waals surface area (Å²) < 4.78 is 0. The molecule has 2 aliphatic heterocycles. The van der Waals surface area contributed by atoms with Gasteiger partial charge < -0.3 is 25.8 Å². The molecule has 38 heavy (non-hydrogen) atoms. The summed E-state index contributed by atoms with van der Waals surface area (Å²) in [4.78, 5) is 28.5. The van der Waals surface area contributed by atoms with E-state index < -0.39 is 0 Å². The lowest BCUT2D eigenvalue weighted by molar-refractivity contribution is -0.119. The molecule has 1 amide bonds. The SMILES string of the molecule is CC(C(N)=O)c1cc2[nH]c1C1CCC3=CC(C=c4ccc([nH]4)=Cc4ccc([nH]4)C2CCCCCCO)N=C31. The van der Waals surface area contributed by atoms with E-state index in [2.05, 4.69) is 63.5 Å². The zero-order valence-corrected chi connectivity index (χ0v) is 22.0. The summed E-state index contributed by atoms with van der Waals surface area (Å²) in [7, 11) is 0. The second-order valence-corrected chi connectivity index (χ2v) is 11.0. The number of aliphatic hydroxyl groups is 1. The maximum absolute atomic E-state index is 12.4. The van der Waals surface area contributed by atoms with Gasteiger partial charge in [-0.25, -0.2) is 0 Å². The Hall–Kier alpha value is -3.58. The Morgan fingerprint density at radius 2 is 1.89 bits per heavy atom. The first-order valence-corrected chi connectivity index (χ1v) is 14.0. The maximum Gasteiger partial charge on any atom is 0.224 e. The number of amides is 1. The molecule has 3 aromatic rings. The highest BCUT2D eigenvalue weighted by atomic mass is 16.2. The fourth-order valence-electron chi connectivity index (χ4n) is 6.37. The van der Waals surface area contributed by atoms with Crippen molar-refractivity contribution in [1.82, 2.24) is 15.0 Å². The van der Waals surface area contributed by atoms with Crippen LogP contribution in [0.1, 0.15) is 98.0 Å². The lowest BCUT2D eigenvalue weighted by atomic mass is 9.90. The molecule has 1 saturated carbocycles. The second kappa shape index (κ2) is 10.3. The number of hydrogen-bond donors (Lipinski definition) is 5. The van der Waals surface area contributed by atoms with E-state index in [1.807, 2.05) is 6.92 Å². The number of nitrogens with two attached hydrogens (primary N) is 1. The van der Waals surface area contributed by atoms with Crippen LogP contribution < -0.4 is 16.4 Å². The Kier molecular flexibility index (Phi) is 6.70. The highest BCUT2D eigenvalue weighted by molar-refractivity contribution is 6.09. The molecule has 4 unspecified atom stereocenters. The van der Waals surface area contributed by atoms with E-state index in [1.54, 1.807) is 0 Å². The van der Waals surface area contributed by atoms with Crippen molar-refractivity contribution in [3.63, 3.8) is 0 Å². The Bertz CT molecular complexity index is 1520. The van der Waals surface area contributed by atoms with Crippen molar-refractivity contribution in [2.24, 2.45) is 10.7 Å². The monoisotopic (exact) mass is 511 g/mol. The van der Waals surface area contributed by atoms with E-state index in [4.69, 9.17) is 10.7 Å². The number of aliphatic imine (C=N–C) groups is 1. The van der Waals surface area contributed by atoms with Crippen LogP contribution in [0.5, 0.6) is 0 Å². The predicted octanol–water partition coefficient (Wildman–Crippen LogP) is 3.58. The quantitative estimate of drug-likeness (QED) is 0.297. The summed E-state index contributed by atoms with van der Waals surface area (Å²) in [6.45, 7) is 2.16. The van der Waals surface area contributed by atoms with E-state index >= 15 is 0 Å². The minimum atomic E-state index is -0.385. The van der Waals surface area contributed by atoms with Crippen LogP contribution in [-0.2, 0) is 4.79 Å². The zero-order chi connectivity index (χ0) is 26.2. The molecule has 5 heterocycles. The number of aromatic amines is 3. The number of fused-ring (bicyclic) bond motifs is 8. The smallest absolute Gasteiger partial charge is 0.224 e. The van der Waals surface area contributed by atoms with E-state index in [0.29, 0.717) is 0 Å². The van der Waals surface area contributed by atoms with Crippen LogP contribution in [-0.4, -0.2) is 44.3 Å². The first kappa shape index (κ1) is 24.7. The van der Waals surface area contributed by atoms with Crippen LogP contribution in [0.4, 0.5) is 0 Å². The average molecular weight is 512 g/mol. The second-order valence-electron chi connectivity index (χ2n) is 11.0. The third kappa shape index (κ3) is 4.71. The van der Waals surface area contributed by atoms with Gasteiger partial charge in [0.05, 0.1) is 12.0 Å². The topological polar surface area (TPSA) is 123 Å². The molecule has 198 valence electrons. The van der Waals surface area contributed by atoms with Gasteiger partial charge in [0.1, 0.15) is 0 Å². The summed E-state index contributed by atoms with van der Waals surface area (Å²) in [5, 5.41) is 11.3. The number of carbonyl (C=O) groups is 1. The van der Waals surface area contributed by atoms with Gasteiger partial charge in [-0.3, -0.25) is 9.79 Å². The number of primary amides is 1. The minimum absolute atomic E-state index is 0.0115. The van der Waals surface area contributed by atoms with Gasteiger partial charge in [-0.15, -0.1) is 0 Å². The molecule has 1 fully saturated rings. The Labute approximate surface area is 222 Å². The third-order valence-electron chi connectivity index (χ3n) is 8.44. The summed E-state index contributed by atoms with van der Waals surface area (Å²) in [6.07, 6.45) is 13.5. The molecular formula is C31H37N5O2. The van der Waals surface area contributed by atoms with E-state index in [1.165, 1.54) is 5.57 Å². The van der Waals surface area contributed by atoms with Gasteiger partial charge in [-0.2, -0.15) is 0 Å². The van der Waals surface area contributed by atoms with Crippen molar-refractivity contribution in [3.05, 3.63) is 81.0 Å². The lowest BCUT2D eigenvalue weighted by Crippen LogP contribution is -2.20. The first-order valence-electron chi connectivity index (χ1n) is 14.0. The first-order chi connectivity index (χ1) is 18.5. The molecule has 8 bridgehead atoms. The number of nitrogens with zero attached hydrogens (tertiary/aromatic N) is 1. The summed E-state index contributed by atoms with van der Waals surface area (Å²) >= 11 is 0. The van der Waals surface area contributed by atoms with Crippen LogP contribution >= 0.6 is 0 Å². The zero-order valence-electron chi connectivity index (χ0n) is 22.0. The van der Waals surface area contributed by atoms with Gasteiger partial charge in [-0.05, 0) is 86.2 Å². The number of aliphatic hydroxyl groups excluding tert-OH is 1. The minimum Gasteiger partial charge on any atom is -0.396 e. The van der Waals surface area contributed by atoms with Crippen LogP contribution in [0.3, 0.4) is 0 Å². The standard InChI is InChI=1S/C31H37N5O2/c1-18(31(32)38)26-17-28-24(6-4-2-3-5-13-37)27-12-10-22(34-27)15-20-8-9-21(33-20)16-23-14-19-7-11-25(29(19)35-23)30(26)36-28/h8-10,12,14-18,23-25,33-34,36-37H,2-7,11,13H2,1H3,(H2,32,38). The molecule has 7 nitrogen and oxygen atoms in total. The highest BCUT2D eigenvalue weighted by Gasteiger charge is 2.36. The van der Waals surface area contributed by atoms with Crippen molar-refractivity contribution in [2.75, 3.05) is 6.61 Å². The summed E-state index contributed by atoms with van der Waals surface area (Å²) in [5.41, 5.74) is 13.7. The number of hydrogen-bond acceptors (Lipinski definition) is 3. The van der Waals surface area contributed by atoms with Gasteiger partial charge in [0, 0.05) is 57.6 Å². The van der Waals surface area contributed by atoms with Crippen molar-refractivity contribution in [3.8, 4) is 0 Å². The molecule has 0 radical (unpaired) electrons. The maximum atomic E-state index is 12.4. The molecule has 0 aromatic carbocycles. The van der Waals surface area contributed by atoms with Gasteiger partial charge in [0.15, 0.2) is 0 Å². The molecule has 7 heteroatoms. The highest BCUT2D eigenvalue weighted by Crippen LogP contribution is 2.43. The van der Waals surface area contributed by atoms with Gasteiger partial charge in [-0.1, -0.05) is 25.3 Å². The molecule has 3 aromatic heterocycles. The van der Waals surface area contributed by atoms with Gasteiger partial charge in [0.2, 0.25) is 5.91 Å². The fourth-order valence-corrected chi connectivity index (χ4v) is 6.37. The van der Waals surface area contributed by atoms with E-state index in [9.17, 15) is 9.90 Å². The molecule has 1 aliphatic carbocycles. The number of allylic oxidation sites excluding steroid dienone is 1. The summed E-state index contributed by atoms with van der Waals surface area (Å²) in [6, 6.07) is 10.7. The Morgan fingerprint density at radius 1 is 1.05 bits per heavy atom. The normalized spacial score (nSPS) is 22.4. The third-order valence-corrected chi connectivity index (χ3v) is 8.44. The molecule has 0 spiro atoms. The number of aromatic nitrogens is 3. The number of rotatable bonds is 8. The predicted molar refractivity (Wildman–Crippen MR) is 151 cm³/mol. The van der Waals surface area contributed by atoms with Crippen LogP contribution in [0.2, 0.25) is 0 Å². The average Bonchev–Trinajstić information content (AvgIpc) is 3.71. The van der Waals surface area contributed by atoms with Gasteiger partial charge >= 0.3 is 0 Å². The van der Waals surface area contributed by atoms with Crippen molar-refractivity contribution < 1.29 is 9.90 Å². The van der Waals surface area contributed by atoms with Gasteiger partial charge in [0.25, 0.3) is 0 Å². The Balaban J connectivity index is 1.48. The molecular weight excluding hydrogens is 474 g/mol. The molecule has 4 atom stereocenters. The molecule has 3 aliphatic rings. The van der Waals surface area contributed by atoms with Crippen molar-refractivity contribution in [2.45, 2.75) is 75.7 Å². The largest absolute Gasteiger partial charge is 0.396 e. The van der Waals surface area contributed by atoms with E-state index in [-0.39, 0.29) is 36.3 Å². The number of H-pyrrole nitrogens is 3. The lowest BCUT2D eigenvalue weighted by Gasteiger charge is -2.16. The fraction of sp³-hybridized carbons (Fsp3) is 0.419. The van der Waals surface area contributed by atoms with E-state index in [0.717, 1.165) is 89.7 Å². The van der Waals surface area contributed by atoms with Crippen molar-refractivity contribution in [1.29, 1.82) is 0 Å². The summed E-state index contributed by atoms with van der Waals surface area (Å²) in [5.74, 6) is -0.427. The van der Waals surface area contributed by atoms with Crippen molar-refractivity contribution >= 4 is 23.8 Å². The number of carbonyl (C=O) groups excluding carboxylic acids is 1. The van der Waals surface area contributed by atoms with Crippen LogP contribution in [0, 0.1) is 0 Å².